The molecule has 1 atom stereocenters. The zero-order valence-electron chi connectivity index (χ0n) is 19.8. The van der Waals surface area contributed by atoms with Gasteiger partial charge in [0.05, 0.1) is 17.1 Å². The summed E-state index contributed by atoms with van der Waals surface area (Å²) in [6.07, 6.45) is 3.61. The first-order valence-electron chi connectivity index (χ1n) is 11.4. The molecule has 0 radical (unpaired) electrons. The molecule has 0 aliphatic rings. The van der Waals surface area contributed by atoms with Gasteiger partial charge >= 0.3 is 0 Å². The molecular weight excluding hydrogens is 476 g/mol. The fourth-order valence-corrected chi connectivity index (χ4v) is 4.58. The second-order valence-corrected chi connectivity index (χ2v) is 9.36. The summed E-state index contributed by atoms with van der Waals surface area (Å²) in [5.74, 6) is 0.783. The van der Waals surface area contributed by atoms with Gasteiger partial charge in [0, 0.05) is 33.0 Å². The van der Waals surface area contributed by atoms with Crippen LogP contribution in [0.2, 0.25) is 0 Å². The Balaban J connectivity index is 1.86. The van der Waals surface area contributed by atoms with E-state index < -0.39 is 0 Å². The molecule has 2 heterocycles. The van der Waals surface area contributed by atoms with Gasteiger partial charge in [0.2, 0.25) is 0 Å². The maximum absolute atomic E-state index is 13.4. The second kappa shape index (κ2) is 9.48. The van der Waals surface area contributed by atoms with E-state index in [1.807, 2.05) is 18.2 Å². The van der Waals surface area contributed by atoms with Gasteiger partial charge in [-0.05, 0) is 62.6 Å². The Bertz CT molecular complexity index is 1410. The molecule has 6 heteroatoms. The average Bonchev–Trinajstić information content (AvgIpc) is 3.10. The van der Waals surface area contributed by atoms with E-state index in [1.54, 1.807) is 6.21 Å². The van der Waals surface area contributed by atoms with Crippen molar-refractivity contribution in [1.29, 1.82) is 0 Å². The van der Waals surface area contributed by atoms with E-state index in [9.17, 15) is 4.79 Å². The molecule has 4 rings (SSSR count). The van der Waals surface area contributed by atoms with Gasteiger partial charge in [-0.2, -0.15) is 9.78 Å². The number of fused-ring (bicyclic) bond motifs is 1. The molecule has 0 fully saturated rings. The Morgan fingerprint density at radius 1 is 1.12 bits per heavy atom. The minimum absolute atomic E-state index is 0.103. The smallest absolute Gasteiger partial charge is 0.282 e. The summed E-state index contributed by atoms with van der Waals surface area (Å²) in [5, 5.41) is 5.22. The summed E-state index contributed by atoms with van der Waals surface area (Å²) in [7, 11) is 0. The topological polar surface area (TPSA) is 52.2 Å². The van der Waals surface area contributed by atoms with Crippen LogP contribution >= 0.6 is 15.9 Å². The number of para-hydroxylation sites is 1. The molecule has 170 valence electrons. The minimum Gasteiger partial charge on any atom is -0.318 e. The molecular formula is C27H29BrN4O. The molecule has 0 amide bonds. The van der Waals surface area contributed by atoms with E-state index in [0.717, 1.165) is 34.3 Å². The largest absolute Gasteiger partial charge is 0.318 e. The van der Waals surface area contributed by atoms with Crippen molar-refractivity contribution < 1.29 is 0 Å². The van der Waals surface area contributed by atoms with Crippen LogP contribution in [0.15, 0.2) is 62.9 Å². The van der Waals surface area contributed by atoms with Crippen LogP contribution in [-0.4, -0.2) is 20.4 Å². The number of hydrogen-bond acceptors (Lipinski definition) is 3. The average molecular weight is 505 g/mol. The first-order valence-corrected chi connectivity index (χ1v) is 12.2. The number of aromatic nitrogens is 3. The van der Waals surface area contributed by atoms with Crippen molar-refractivity contribution in [1.82, 2.24) is 14.2 Å². The van der Waals surface area contributed by atoms with Gasteiger partial charge in [0.1, 0.15) is 5.82 Å². The number of halogens is 1. The number of hydrogen-bond donors (Lipinski definition) is 0. The summed E-state index contributed by atoms with van der Waals surface area (Å²) in [6.45, 7) is 10.5. The lowest BCUT2D eigenvalue weighted by molar-refractivity contribution is 0.613. The molecule has 4 aromatic rings. The van der Waals surface area contributed by atoms with Crippen molar-refractivity contribution in [2.24, 2.45) is 5.10 Å². The molecule has 0 unspecified atom stereocenters. The van der Waals surface area contributed by atoms with Gasteiger partial charge in [-0.25, -0.2) is 4.98 Å². The second-order valence-electron chi connectivity index (χ2n) is 8.45. The molecule has 0 aliphatic heterocycles. The first-order chi connectivity index (χ1) is 15.8. The number of aryl methyl sites for hydroxylation is 2. The van der Waals surface area contributed by atoms with Crippen LogP contribution in [-0.2, 0) is 6.42 Å². The third-order valence-corrected chi connectivity index (χ3v) is 6.78. The predicted octanol–water partition coefficient (Wildman–Crippen LogP) is 6.52. The van der Waals surface area contributed by atoms with E-state index in [2.05, 4.69) is 90.5 Å². The summed E-state index contributed by atoms with van der Waals surface area (Å²) in [4.78, 5) is 18.2. The number of benzene rings is 2. The molecule has 5 nitrogen and oxygen atoms in total. The molecule has 2 aromatic carbocycles. The summed E-state index contributed by atoms with van der Waals surface area (Å²) >= 11 is 3.46. The summed E-state index contributed by atoms with van der Waals surface area (Å²) < 4.78 is 4.57. The Kier molecular flexibility index (Phi) is 6.66. The van der Waals surface area contributed by atoms with E-state index in [1.165, 1.54) is 15.9 Å². The van der Waals surface area contributed by atoms with Crippen LogP contribution in [0.5, 0.6) is 0 Å². The van der Waals surface area contributed by atoms with Crippen molar-refractivity contribution in [3.63, 3.8) is 0 Å². The molecule has 0 saturated carbocycles. The third kappa shape index (κ3) is 4.32. The fraction of sp³-hybridized carbons (Fsp3) is 0.296. The van der Waals surface area contributed by atoms with Crippen molar-refractivity contribution in [2.75, 3.05) is 0 Å². The highest BCUT2D eigenvalue weighted by atomic mass is 79.9. The Labute approximate surface area is 202 Å². The van der Waals surface area contributed by atoms with Gasteiger partial charge in [-0.15, -0.1) is 0 Å². The van der Waals surface area contributed by atoms with Crippen LogP contribution in [0.4, 0.5) is 0 Å². The highest BCUT2D eigenvalue weighted by Gasteiger charge is 2.16. The maximum atomic E-state index is 13.4. The van der Waals surface area contributed by atoms with Gasteiger partial charge in [-0.1, -0.05) is 54.9 Å². The van der Waals surface area contributed by atoms with Crippen LogP contribution < -0.4 is 5.56 Å². The Hall–Kier alpha value is -2.99. The van der Waals surface area contributed by atoms with Gasteiger partial charge in [-0.3, -0.25) is 4.79 Å². The van der Waals surface area contributed by atoms with E-state index >= 15 is 0 Å². The molecule has 0 bridgehead atoms. The fourth-order valence-electron chi connectivity index (χ4n) is 4.22. The lowest BCUT2D eigenvalue weighted by Gasteiger charge is -2.14. The molecule has 0 N–H and O–H groups in total. The number of nitrogens with zero attached hydrogens (tertiary/aromatic N) is 4. The van der Waals surface area contributed by atoms with E-state index in [4.69, 9.17) is 4.98 Å². The molecule has 0 saturated heterocycles. The van der Waals surface area contributed by atoms with Gasteiger partial charge in [0.25, 0.3) is 5.56 Å². The zero-order valence-corrected chi connectivity index (χ0v) is 21.3. The van der Waals surface area contributed by atoms with Crippen LogP contribution in [0.25, 0.3) is 16.6 Å². The lowest BCUT2D eigenvalue weighted by Crippen LogP contribution is -2.23. The van der Waals surface area contributed by atoms with Crippen LogP contribution in [0.3, 0.4) is 0 Å². The Morgan fingerprint density at radius 2 is 1.88 bits per heavy atom. The van der Waals surface area contributed by atoms with Crippen LogP contribution in [0, 0.1) is 13.8 Å². The highest BCUT2D eigenvalue weighted by Crippen LogP contribution is 2.24. The van der Waals surface area contributed by atoms with Gasteiger partial charge < -0.3 is 4.57 Å². The maximum Gasteiger partial charge on any atom is 0.282 e. The van der Waals surface area contributed by atoms with Crippen LogP contribution in [0.1, 0.15) is 61.4 Å². The van der Waals surface area contributed by atoms with Crippen molar-refractivity contribution in [2.45, 2.75) is 53.4 Å². The molecule has 0 spiro atoms. The standard InChI is InChI=1S/C27H29BrN4O/c1-6-17(3)26-30-24-13-12-22(28)15-23(24)27(33)32(26)29-16-21-14-18(4)31(19(21)5)25-11-9-8-10-20(25)7-2/h8-17H,6-7H2,1-5H3/t17-/m0/s1. The van der Waals surface area contributed by atoms with Crippen molar-refractivity contribution >= 4 is 33.0 Å². The third-order valence-electron chi connectivity index (χ3n) is 6.28. The van der Waals surface area contributed by atoms with Gasteiger partial charge in [0.15, 0.2) is 0 Å². The van der Waals surface area contributed by atoms with Crippen molar-refractivity contribution in [3.8, 4) is 5.69 Å². The first kappa shape index (κ1) is 23.2. The summed E-state index contributed by atoms with van der Waals surface area (Å²) in [5.41, 5.74) is 6.22. The van der Waals surface area contributed by atoms with E-state index in [-0.39, 0.29) is 11.5 Å². The Morgan fingerprint density at radius 3 is 2.61 bits per heavy atom. The lowest BCUT2D eigenvalue weighted by atomic mass is 10.1. The normalized spacial score (nSPS) is 12.7. The number of rotatable bonds is 6. The summed E-state index contributed by atoms with van der Waals surface area (Å²) in [6, 6.07) is 16.2. The quantitative estimate of drug-likeness (QED) is 0.280. The molecule has 33 heavy (non-hydrogen) atoms. The predicted molar refractivity (Wildman–Crippen MR) is 140 cm³/mol. The minimum atomic E-state index is -0.155. The zero-order chi connectivity index (χ0) is 23.7. The molecule has 2 aromatic heterocycles. The van der Waals surface area contributed by atoms with Crippen molar-refractivity contribution in [3.05, 3.63) is 91.7 Å². The highest BCUT2D eigenvalue weighted by molar-refractivity contribution is 9.10. The SMILES string of the molecule is CCc1ccccc1-n1c(C)cc(C=Nn2c([C@@H](C)CC)nc3ccc(Br)cc3c2=O)c1C. The monoisotopic (exact) mass is 504 g/mol. The molecule has 0 aliphatic carbocycles. The van der Waals surface area contributed by atoms with E-state index in [0.29, 0.717) is 16.7 Å².